The quantitative estimate of drug-likeness (QED) is 0.263. The molecule has 176 valence electrons. The zero-order valence-electron chi connectivity index (χ0n) is 20.5. The number of hydrogen-bond donors (Lipinski definition) is 2. The Hall–Kier alpha value is -3.97. The molecule has 5 aromatic rings. The van der Waals surface area contributed by atoms with Crippen LogP contribution in [0, 0.1) is 13.8 Å². The highest BCUT2D eigenvalue weighted by Crippen LogP contribution is 2.36. The maximum Gasteiger partial charge on any atom is 0.181 e. The van der Waals surface area contributed by atoms with Crippen molar-refractivity contribution in [1.82, 2.24) is 25.1 Å². The fourth-order valence-electron chi connectivity index (χ4n) is 4.14. The third-order valence-corrected chi connectivity index (χ3v) is 7.05. The first-order chi connectivity index (χ1) is 16.9. The number of aromatic nitrogens is 5. The van der Waals surface area contributed by atoms with Gasteiger partial charge in [0, 0.05) is 69.6 Å². The fourth-order valence-corrected chi connectivity index (χ4v) is 5.05. The van der Waals surface area contributed by atoms with E-state index in [0.29, 0.717) is 5.65 Å². The van der Waals surface area contributed by atoms with Gasteiger partial charge in [-0.05, 0) is 51.1 Å². The van der Waals surface area contributed by atoms with Crippen LogP contribution in [0.1, 0.15) is 27.9 Å². The van der Waals surface area contributed by atoms with Gasteiger partial charge in [0.1, 0.15) is 0 Å². The van der Waals surface area contributed by atoms with Gasteiger partial charge < -0.3 is 9.88 Å². The number of nitrogens with one attached hydrogen (secondary N) is 2. The smallest absolute Gasteiger partial charge is 0.181 e. The average molecular weight is 481 g/mol. The normalized spacial score (nSPS) is 12.2. The molecule has 0 unspecified atom stereocenters. The first-order valence-corrected chi connectivity index (χ1v) is 12.3. The lowest BCUT2D eigenvalue weighted by atomic mass is 10.0. The number of pyridine rings is 2. The highest BCUT2D eigenvalue weighted by Gasteiger charge is 2.17. The molecule has 35 heavy (non-hydrogen) atoms. The second-order valence-corrected chi connectivity index (χ2v) is 10.0. The van der Waals surface area contributed by atoms with Crippen LogP contribution in [-0.2, 0) is 0 Å². The molecule has 6 nitrogen and oxygen atoms in total. The van der Waals surface area contributed by atoms with Gasteiger partial charge in [0.2, 0.25) is 0 Å². The van der Waals surface area contributed by atoms with Gasteiger partial charge in [0.05, 0.1) is 23.3 Å². The molecule has 0 aliphatic rings. The van der Waals surface area contributed by atoms with Gasteiger partial charge in [0.25, 0.3) is 0 Å². The summed E-state index contributed by atoms with van der Waals surface area (Å²) in [5.74, 6) is 0. The predicted octanol–water partition coefficient (Wildman–Crippen LogP) is 6.77. The molecule has 0 fully saturated rings. The Morgan fingerprint density at radius 1 is 1.03 bits per heavy atom. The van der Waals surface area contributed by atoms with Crippen LogP contribution in [0.25, 0.3) is 39.1 Å². The van der Waals surface area contributed by atoms with Crippen molar-refractivity contribution in [2.75, 3.05) is 19.0 Å². The third kappa shape index (κ3) is 4.42. The molecule has 5 heterocycles. The van der Waals surface area contributed by atoms with Crippen molar-refractivity contribution in [2.45, 2.75) is 20.8 Å². The highest BCUT2D eigenvalue weighted by atomic mass is 32.1. The molecule has 0 amide bonds. The Morgan fingerprint density at radius 2 is 1.86 bits per heavy atom. The van der Waals surface area contributed by atoms with E-state index in [0.717, 1.165) is 39.3 Å². The highest BCUT2D eigenvalue weighted by molar-refractivity contribution is 7.13. The number of H-pyrrole nitrogens is 2. The monoisotopic (exact) mass is 480 g/mol. The number of nitrogens with zero attached hydrogens (tertiary/aromatic N) is 4. The van der Waals surface area contributed by atoms with Crippen LogP contribution in [0.4, 0.5) is 5.69 Å². The molecular formula is C28H28N6S. The Labute approximate surface area is 209 Å². The first kappa shape index (κ1) is 22.8. The molecule has 2 N–H and O–H groups in total. The topological polar surface area (TPSA) is 73.5 Å². The molecule has 0 aliphatic heterocycles. The van der Waals surface area contributed by atoms with E-state index in [9.17, 15) is 0 Å². The lowest BCUT2D eigenvalue weighted by molar-refractivity contribution is 1.09. The van der Waals surface area contributed by atoms with Crippen molar-refractivity contribution in [2.24, 2.45) is 0 Å². The van der Waals surface area contributed by atoms with Crippen LogP contribution in [0.2, 0.25) is 0 Å². The van der Waals surface area contributed by atoms with E-state index in [1.165, 1.54) is 20.9 Å². The average Bonchev–Trinajstić information content (AvgIpc) is 3.57. The number of thiophene rings is 1. The van der Waals surface area contributed by atoms with E-state index in [1.807, 2.05) is 44.5 Å². The summed E-state index contributed by atoms with van der Waals surface area (Å²) in [7, 11) is 4.02. The molecular weight excluding hydrogens is 452 g/mol. The third-order valence-electron chi connectivity index (χ3n) is 6.02. The molecule has 0 aromatic carbocycles. The van der Waals surface area contributed by atoms with Gasteiger partial charge in [-0.15, -0.1) is 11.3 Å². The summed E-state index contributed by atoms with van der Waals surface area (Å²) in [6.07, 6.45) is 11.9. The van der Waals surface area contributed by atoms with Crippen LogP contribution >= 0.6 is 11.3 Å². The van der Waals surface area contributed by atoms with E-state index < -0.39 is 0 Å². The Bertz CT molecular complexity index is 1560. The van der Waals surface area contributed by atoms with Crippen LogP contribution < -0.4 is 4.90 Å². The van der Waals surface area contributed by atoms with Gasteiger partial charge in [-0.1, -0.05) is 18.2 Å². The van der Waals surface area contributed by atoms with Gasteiger partial charge in [-0.2, -0.15) is 5.10 Å². The van der Waals surface area contributed by atoms with Crippen molar-refractivity contribution in [3.63, 3.8) is 0 Å². The van der Waals surface area contributed by atoms with Crippen LogP contribution in [0.15, 0.2) is 67.2 Å². The molecule has 0 aliphatic carbocycles. The summed E-state index contributed by atoms with van der Waals surface area (Å²) in [5.41, 5.74) is 9.15. The molecule has 0 saturated carbocycles. The molecule has 0 radical (unpaired) electrons. The minimum atomic E-state index is 0.688. The molecule has 0 spiro atoms. The molecule has 5 aromatic heterocycles. The van der Waals surface area contributed by atoms with Gasteiger partial charge in [0.15, 0.2) is 5.65 Å². The maximum absolute atomic E-state index is 4.62. The molecule has 0 atom stereocenters. The summed E-state index contributed by atoms with van der Waals surface area (Å²) >= 11 is 1.81. The number of fused-ring (bicyclic) bond motifs is 1. The van der Waals surface area contributed by atoms with Crippen molar-refractivity contribution in [3.8, 4) is 22.5 Å². The summed E-state index contributed by atoms with van der Waals surface area (Å²) in [6.45, 7) is 6.29. The van der Waals surface area contributed by atoms with Crippen LogP contribution in [-0.4, -0.2) is 39.2 Å². The SMILES string of the molecule is C/C=C\C=C(\c1ccc(C)s1)c1cc(-c2[nH]nc3ncc(-c4cncc(N(C)C)c4)cc23)[nH]c1C. The number of anilines is 1. The van der Waals surface area contributed by atoms with Crippen molar-refractivity contribution >= 4 is 33.6 Å². The first-order valence-electron chi connectivity index (χ1n) is 11.5. The number of hydrogen-bond acceptors (Lipinski definition) is 5. The standard InChI is InChI=1S/C28H28N6S/c1-6-7-8-22(26-10-9-17(2)35-26)23-13-25(31-18(23)3)27-24-12-20(15-30-28(24)33-32-27)19-11-21(34(4)5)16-29-14-19/h6-16,31H,1-5H3,(H,30,32,33)/b7-6-,22-8+. The molecule has 7 heteroatoms. The summed E-state index contributed by atoms with van der Waals surface area (Å²) in [6, 6.07) is 10.8. The van der Waals surface area contributed by atoms with Crippen molar-refractivity contribution < 1.29 is 0 Å². The summed E-state index contributed by atoms with van der Waals surface area (Å²) in [5, 5.41) is 8.64. The molecule has 5 rings (SSSR count). The zero-order valence-corrected chi connectivity index (χ0v) is 21.4. The lowest BCUT2D eigenvalue weighted by Gasteiger charge is -2.12. The van der Waals surface area contributed by atoms with Crippen LogP contribution in [0.5, 0.6) is 0 Å². The predicted molar refractivity (Wildman–Crippen MR) is 147 cm³/mol. The summed E-state index contributed by atoms with van der Waals surface area (Å²) < 4.78 is 0. The van der Waals surface area contributed by atoms with E-state index >= 15 is 0 Å². The zero-order chi connectivity index (χ0) is 24.5. The number of aromatic amines is 2. The largest absolute Gasteiger partial charge is 0.376 e. The van der Waals surface area contributed by atoms with Crippen molar-refractivity contribution in [1.29, 1.82) is 0 Å². The van der Waals surface area contributed by atoms with Gasteiger partial charge in [-0.3, -0.25) is 10.1 Å². The van der Waals surface area contributed by atoms with Gasteiger partial charge >= 0.3 is 0 Å². The minimum absolute atomic E-state index is 0.688. The van der Waals surface area contributed by atoms with E-state index in [-0.39, 0.29) is 0 Å². The second-order valence-electron chi connectivity index (χ2n) is 8.76. The number of aryl methyl sites for hydroxylation is 2. The summed E-state index contributed by atoms with van der Waals surface area (Å²) in [4.78, 5) is 17.2. The Morgan fingerprint density at radius 3 is 2.60 bits per heavy atom. The molecule has 0 saturated heterocycles. The molecule has 0 bridgehead atoms. The second kappa shape index (κ2) is 9.35. The van der Waals surface area contributed by atoms with Gasteiger partial charge in [-0.25, -0.2) is 4.98 Å². The van der Waals surface area contributed by atoms with Crippen LogP contribution in [0.3, 0.4) is 0 Å². The Balaban J connectivity index is 1.59. The number of rotatable bonds is 6. The lowest BCUT2D eigenvalue weighted by Crippen LogP contribution is -2.08. The number of allylic oxidation sites excluding steroid dienone is 3. The van der Waals surface area contributed by atoms with Crippen molar-refractivity contribution in [3.05, 3.63) is 88.2 Å². The Kier molecular flexibility index (Phi) is 6.09. The van der Waals surface area contributed by atoms with E-state index in [4.69, 9.17) is 0 Å². The fraction of sp³-hybridized carbons (Fsp3) is 0.179. The maximum atomic E-state index is 4.62. The van der Waals surface area contributed by atoms with E-state index in [1.54, 1.807) is 11.3 Å². The van der Waals surface area contributed by atoms with E-state index in [2.05, 4.69) is 87.6 Å². The minimum Gasteiger partial charge on any atom is -0.376 e.